The average molecular weight is 370 g/mol. The number of pyridine rings is 1. The van der Waals surface area contributed by atoms with Crippen molar-refractivity contribution in [3.8, 4) is 0 Å². The van der Waals surface area contributed by atoms with Gasteiger partial charge in [-0.2, -0.15) is 0 Å². The van der Waals surface area contributed by atoms with Crippen molar-refractivity contribution in [2.75, 3.05) is 7.05 Å². The SMILES string of the molecule is CN(Cc1cccc(Br)c1)Cc1cncc(Br)c1. The first-order chi connectivity index (χ1) is 8.63. The second-order valence-electron chi connectivity index (χ2n) is 4.31. The summed E-state index contributed by atoms with van der Waals surface area (Å²) in [6.07, 6.45) is 3.71. The van der Waals surface area contributed by atoms with Gasteiger partial charge in [0.05, 0.1) is 0 Å². The fourth-order valence-corrected chi connectivity index (χ4v) is 2.72. The molecule has 0 aliphatic rings. The lowest BCUT2D eigenvalue weighted by Gasteiger charge is -2.16. The zero-order chi connectivity index (χ0) is 13.0. The van der Waals surface area contributed by atoms with E-state index in [2.05, 4.69) is 73.1 Å². The highest BCUT2D eigenvalue weighted by atomic mass is 79.9. The van der Waals surface area contributed by atoms with E-state index in [9.17, 15) is 0 Å². The van der Waals surface area contributed by atoms with Crippen LogP contribution in [0.5, 0.6) is 0 Å². The second kappa shape index (κ2) is 6.45. The molecule has 0 fully saturated rings. The van der Waals surface area contributed by atoms with Gasteiger partial charge < -0.3 is 0 Å². The smallest absolute Gasteiger partial charge is 0.0410 e. The molecule has 0 spiro atoms. The van der Waals surface area contributed by atoms with Crippen LogP contribution in [0.1, 0.15) is 11.1 Å². The van der Waals surface area contributed by atoms with E-state index in [0.29, 0.717) is 0 Å². The molecule has 2 nitrogen and oxygen atoms in total. The van der Waals surface area contributed by atoms with Crippen LogP contribution >= 0.6 is 31.9 Å². The molecule has 0 saturated heterocycles. The lowest BCUT2D eigenvalue weighted by molar-refractivity contribution is 0.318. The van der Waals surface area contributed by atoms with Crippen LogP contribution in [0.25, 0.3) is 0 Å². The molecule has 0 aliphatic heterocycles. The molecular formula is C14H14Br2N2. The average Bonchev–Trinajstić information content (AvgIpc) is 2.28. The zero-order valence-electron chi connectivity index (χ0n) is 10.1. The van der Waals surface area contributed by atoms with Crippen LogP contribution in [-0.2, 0) is 13.1 Å². The summed E-state index contributed by atoms with van der Waals surface area (Å²) in [5.41, 5.74) is 2.51. The molecule has 1 aromatic carbocycles. The number of benzene rings is 1. The van der Waals surface area contributed by atoms with Crippen molar-refractivity contribution in [1.82, 2.24) is 9.88 Å². The first-order valence-electron chi connectivity index (χ1n) is 5.66. The molecule has 0 saturated carbocycles. The van der Waals surface area contributed by atoms with Gasteiger partial charge in [-0.3, -0.25) is 9.88 Å². The maximum atomic E-state index is 4.18. The standard InChI is InChI=1S/C14H14Br2N2/c1-18(9-11-3-2-4-13(15)5-11)10-12-6-14(16)8-17-7-12/h2-8H,9-10H2,1H3. The lowest BCUT2D eigenvalue weighted by Crippen LogP contribution is -2.17. The van der Waals surface area contributed by atoms with Gasteiger partial charge in [0.25, 0.3) is 0 Å². The summed E-state index contributed by atoms with van der Waals surface area (Å²) in [7, 11) is 2.11. The van der Waals surface area contributed by atoms with Gasteiger partial charge in [-0.25, -0.2) is 0 Å². The summed E-state index contributed by atoms with van der Waals surface area (Å²) in [6.45, 7) is 1.81. The van der Waals surface area contributed by atoms with Crippen LogP contribution in [-0.4, -0.2) is 16.9 Å². The van der Waals surface area contributed by atoms with Gasteiger partial charge in [-0.1, -0.05) is 28.1 Å². The number of rotatable bonds is 4. The van der Waals surface area contributed by atoms with Crippen LogP contribution in [0.4, 0.5) is 0 Å². The molecule has 4 heteroatoms. The minimum Gasteiger partial charge on any atom is -0.298 e. The molecule has 0 unspecified atom stereocenters. The minimum atomic E-state index is 0.888. The van der Waals surface area contributed by atoms with E-state index in [4.69, 9.17) is 0 Å². The van der Waals surface area contributed by atoms with Crippen LogP contribution in [0, 0.1) is 0 Å². The molecule has 0 bridgehead atoms. The highest BCUT2D eigenvalue weighted by Crippen LogP contribution is 2.15. The van der Waals surface area contributed by atoms with E-state index >= 15 is 0 Å². The third kappa shape index (κ3) is 4.19. The van der Waals surface area contributed by atoms with Gasteiger partial charge in [0, 0.05) is 34.4 Å². The summed E-state index contributed by atoms with van der Waals surface area (Å²) in [4.78, 5) is 6.45. The largest absolute Gasteiger partial charge is 0.298 e. The van der Waals surface area contributed by atoms with E-state index in [-0.39, 0.29) is 0 Å². The van der Waals surface area contributed by atoms with Crippen molar-refractivity contribution in [2.24, 2.45) is 0 Å². The Morgan fingerprint density at radius 2 is 1.72 bits per heavy atom. The Labute approximate surface area is 124 Å². The Morgan fingerprint density at radius 1 is 1.00 bits per heavy atom. The molecule has 94 valence electrons. The van der Waals surface area contributed by atoms with Gasteiger partial charge in [0.1, 0.15) is 0 Å². The molecule has 0 radical (unpaired) electrons. The number of hydrogen-bond donors (Lipinski definition) is 0. The molecule has 1 heterocycles. The van der Waals surface area contributed by atoms with E-state index in [1.165, 1.54) is 11.1 Å². The molecule has 0 aliphatic carbocycles. The maximum Gasteiger partial charge on any atom is 0.0410 e. The third-order valence-electron chi connectivity index (χ3n) is 2.56. The lowest BCUT2D eigenvalue weighted by atomic mass is 10.2. The van der Waals surface area contributed by atoms with Gasteiger partial charge >= 0.3 is 0 Å². The van der Waals surface area contributed by atoms with E-state index in [1.807, 2.05) is 12.3 Å². The third-order valence-corrected chi connectivity index (χ3v) is 3.48. The molecule has 0 N–H and O–H groups in total. The molecule has 1 aromatic heterocycles. The second-order valence-corrected chi connectivity index (χ2v) is 6.14. The van der Waals surface area contributed by atoms with Crippen LogP contribution in [0.15, 0.2) is 51.7 Å². The molecule has 0 atom stereocenters. The fourth-order valence-electron chi connectivity index (χ4n) is 1.86. The van der Waals surface area contributed by atoms with E-state index in [0.717, 1.165) is 22.0 Å². The van der Waals surface area contributed by atoms with Gasteiger partial charge in [0.2, 0.25) is 0 Å². The molecule has 18 heavy (non-hydrogen) atoms. The Kier molecular flexibility index (Phi) is 4.92. The highest BCUT2D eigenvalue weighted by molar-refractivity contribution is 9.10. The highest BCUT2D eigenvalue weighted by Gasteiger charge is 2.03. The van der Waals surface area contributed by atoms with Crippen molar-refractivity contribution in [3.63, 3.8) is 0 Å². The van der Waals surface area contributed by atoms with Gasteiger partial charge in [0.15, 0.2) is 0 Å². The summed E-state index contributed by atoms with van der Waals surface area (Å²) in [5, 5.41) is 0. The van der Waals surface area contributed by atoms with Crippen LogP contribution < -0.4 is 0 Å². The summed E-state index contributed by atoms with van der Waals surface area (Å²) >= 11 is 6.93. The summed E-state index contributed by atoms with van der Waals surface area (Å²) in [5.74, 6) is 0. The first kappa shape index (κ1) is 13.7. The quantitative estimate of drug-likeness (QED) is 0.801. The van der Waals surface area contributed by atoms with Crippen molar-refractivity contribution in [2.45, 2.75) is 13.1 Å². The van der Waals surface area contributed by atoms with Gasteiger partial charge in [-0.05, 0) is 52.3 Å². The van der Waals surface area contributed by atoms with Crippen LogP contribution in [0.3, 0.4) is 0 Å². The number of aromatic nitrogens is 1. The Morgan fingerprint density at radius 3 is 2.44 bits per heavy atom. The van der Waals surface area contributed by atoms with Crippen molar-refractivity contribution in [3.05, 3.63) is 62.8 Å². The van der Waals surface area contributed by atoms with E-state index in [1.54, 1.807) is 6.20 Å². The normalized spacial score (nSPS) is 10.9. The minimum absolute atomic E-state index is 0.888. The van der Waals surface area contributed by atoms with Crippen molar-refractivity contribution >= 4 is 31.9 Å². The van der Waals surface area contributed by atoms with Crippen molar-refractivity contribution in [1.29, 1.82) is 0 Å². The number of halogens is 2. The fraction of sp³-hybridized carbons (Fsp3) is 0.214. The Bertz CT molecular complexity index is 481. The monoisotopic (exact) mass is 368 g/mol. The Balaban J connectivity index is 1.98. The van der Waals surface area contributed by atoms with E-state index < -0.39 is 0 Å². The molecule has 2 aromatic rings. The summed E-state index contributed by atoms with van der Waals surface area (Å²) < 4.78 is 2.15. The molecular weight excluding hydrogens is 356 g/mol. The Hall–Kier alpha value is -0.710. The summed E-state index contributed by atoms with van der Waals surface area (Å²) in [6, 6.07) is 10.5. The topological polar surface area (TPSA) is 16.1 Å². The maximum absolute atomic E-state index is 4.18. The predicted molar refractivity (Wildman–Crippen MR) is 81.3 cm³/mol. The van der Waals surface area contributed by atoms with Crippen LogP contribution in [0.2, 0.25) is 0 Å². The molecule has 2 rings (SSSR count). The zero-order valence-corrected chi connectivity index (χ0v) is 13.3. The molecule has 0 amide bonds. The van der Waals surface area contributed by atoms with Gasteiger partial charge in [-0.15, -0.1) is 0 Å². The number of nitrogens with zero attached hydrogens (tertiary/aromatic N) is 2. The predicted octanol–water partition coefficient (Wildman–Crippen LogP) is 4.24. The first-order valence-corrected chi connectivity index (χ1v) is 7.24. The number of hydrogen-bond acceptors (Lipinski definition) is 2. The van der Waals surface area contributed by atoms with Crippen molar-refractivity contribution < 1.29 is 0 Å².